The van der Waals surface area contributed by atoms with E-state index in [0.29, 0.717) is 6.54 Å². The number of halogens is 1. The van der Waals surface area contributed by atoms with E-state index in [1.807, 2.05) is 36.1 Å². The summed E-state index contributed by atoms with van der Waals surface area (Å²) >= 11 is 5.01. The number of piperidine rings is 1. The lowest BCUT2D eigenvalue weighted by Crippen LogP contribution is -2.48. The van der Waals surface area contributed by atoms with Gasteiger partial charge in [-0.05, 0) is 44.0 Å². The van der Waals surface area contributed by atoms with E-state index in [0.717, 1.165) is 28.8 Å². The molecule has 0 aromatic heterocycles. The average Bonchev–Trinajstić information content (AvgIpc) is 2.40. The first-order chi connectivity index (χ1) is 9.06. The summed E-state index contributed by atoms with van der Waals surface area (Å²) in [5, 5.41) is -0.0634. The van der Waals surface area contributed by atoms with Gasteiger partial charge in [0.1, 0.15) is 0 Å². The fourth-order valence-electron chi connectivity index (χ4n) is 2.23. The van der Waals surface area contributed by atoms with Crippen LogP contribution in [0.3, 0.4) is 0 Å². The highest BCUT2D eigenvalue weighted by Crippen LogP contribution is 2.26. The maximum atomic E-state index is 12.4. The molecule has 2 rings (SSSR count). The Balaban J connectivity index is 1.93. The molecule has 1 amide bonds. The fourth-order valence-corrected chi connectivity index (χ4v) is 3.45. The third-order valence-corrected chi connectivity index (χ3v) is 4.87. The van der Waals surface area contributed by atoms with Crippen LogP contribution >= 0.6 is 27.7 Å². The van der Waals surface area contributed by atoms with Crippen molar-refractivity contribution < 1.29 is 4.79 Å². The Bertz CT molecular complexity index is 438. The Labute approximate surface area is 127 Å². The van der Waals surface area contributed by atoms with E-state index >= 15 is 0 Å². The van der Waals surface area contributed by atoms with E-state index in [1.54, 1.807) is 11.8 Å². The highest BCUT2D eigenvalue weighted by Gasteiger charge is 2.25. The molecule has 2 unspecified atom stereocenters. The van der Waals surface area contributed by atoms with Crippen molar-refractivity contribution in [3.05, 3.63) is 28.7 Å². The Hall–Kier alpha value is -0.520. The van der Waals surface area contributed by atoms with Gasteiger partial charge in [-0.3, -0.25) is 4.79 Å². The van der Waals surface area contributed by atoms with E-state index in [4.69, 9.17) is 5.73 Å². The minimum absolute atomic E-state index is 0.0634. The Morgan fingerprint density at radius 3 is 2.79 bits per heavy atom. The van der Waals surface area contributed by atoms with Crippen molar-refractivity contribution >= 4 is 33.6 Å². The van der Waals surface area contributed by atoms with Crippen molar-refractivity contribution in [1.29, 1.82) is 0 Å². The van der Waals surface area contributed by atoms with Crippen molar-refractivity contribution in [2.24, 2.45) is 5.73 Å². The number of carbonyl (C=O) groups excluding carboxylic acids is 1. The number of benzene rings is 1. The molecule has 0 radical (unpaired) electrons. The molecule has 2 N–H and O–H groups in total. The highest BCUT2D eigenvalue weighted by molar-refractivity contribution is 9.10. The van der Waals surface area contributed by atoms with Crippen LogP contribution in [-0.2, 0) is 4.79 Å². The lowest BCUT2D eigenvalue weighted by atomic mass is 10.1. The molecule has 2 atom stereocenters. The third kappa shape index (κ3) is 4.23. The van der Waals surface area contributed by atoms with Gasteiger partial charge in [-0.2, -0.15) is 0 Å². The normalized spacial score (nSPS) is 21.2. The SMILES string of the molecule is CC(Sc1ccc(Br)cc1)C(=O)N1CCCC(N)C1. The second-order valence-electron chi connectivity index (χ2n) is 4.90. The lowest BCUT2D eigenvalue weighted by Gasteiger charge is -2.32. The maximum absolute atomic E-state index is 12.4. The van der Waals surface area contributed by atoms with Crippen LogP contribution in [0.15, 0.2) is 33.6 Å². The smallest absolute Gasteiger partial charge is 0.235 e. The number of nitrogens with zero attached hydrogens (tertiary/aromatic N) is 1. The molecule has 1 aliphatic heterocycles. The molecule has 0 aliphatic carbocycles. The molecular weight excluding hydrogens is 324 g/mol. The summed E-state index contributed by atoms with van der Waals surface area (Å²) < 4.78 is 1.05. The van der Waals surface area contributed by atoms with Gasteiger partial charge in [-0.1, -0.05) is 15.9 Å². The van der Waals surface area contributed by atoms with Crippen LogP contribution in [0.5, 0.6) is 0 Å². The van der Waals surface area contributed by atoms with E-state index < -0.39 is 0 Å². The van der Waals surface area contributed by atoms with Crippen LogP contribution in [0.25, 0.3) is 0 Å². The minimum Gasteiger partial charge on any atom is -0.340 e. The van der Waals surface area contributed by atoms with Gasteiger partial charge in [0.2, 0.25) is 5.91 Å². The number of carbonyl (C=O) groups is 1. The number of nitrogens with two attached hydrogens (primary N) is 1. The lowest BCUT2D eigenvalue weighted by molar-refractivity contribution is -0.131. The third-order valence-electron chi connectivity index (χ3n) is 3.24. The van der Waals surface area contributed by atoms with Gasteiger partial charge in [-0.15, -0.1) is 11.8 Å². The van der Waals surface area contributed by atoms with E-state index in [2.05, 4.69) is 15.9 Å². The first-order valence-electron chi connectivity index (χ1n) is 6.53. The molecule has 0 bridgehead atoms. The molecule has 1 aromatic rings. The number of rotatable bonds is 3. The van der Waals surface area contributed by atoms with Crippen LogP contribution in [0, 0.1) is 0 Å². The van der Waals surface area contributed by atoms with Crippen molar-refractivity contribution in [3.8, 4) is 0 Å². The van der Waals surface area contributed by atoms with Crippen molar-refractivity contribution in [3.63, 3.8) is 0 Å². The zero-order chi connectivity index (χ0) is 13.8. The van der Waals surface area contributed by atoms with Crippen molar-refractivity contribution in [2.45, 2.75) is 36.0 Å². The molecule has 1 fully saturated rings. The molecule has 104 valence electrons. The molecule has 1 saturated heterocycles. The predicted octanol–water partition coefficient (Wildman–Crippen LogP) is 2.88. The minimum atomic E-state index is -0.0634. The topological polar surface area (TPSA) is 46.3 Å². The Morgan fingerprint density at radius 1 is 1.47 bits per heavy atom. The standard InChI is InChI=1S/C14H19BrN2OS/c1-10(19-13-6-4-11(15)5-7-13)14(18)17-8-2-3-12(16)9-17/h4-7,10,12H,2-3,8-9,16H2,1H3. The average molecular weight is 343 g/mol. The van der Waals surface area contributed by atoms with Gasteiger partial charge in [0.15, 0.2) is 0 Å². The molecule has 1 heterocycles. The van der Waals surface area contributed by atoms with Gasteiger partial charge >= 0.3 is 0 Å². The second-order valence-corrected chi connectivity index (χ2v) is 7.23. The van der Waals surface area contributed by atoms with Crippen LogP contribution in [-0.4, -0.2) is 35.2 Å². The monoisotopic (exact) mass is 342 g/mol. The first-order valence-corrected chi connectivity index (χ1v) is 8.20. The number of thioether (sulfide) groups is 1. The van der Waals surface area contributed by atoms with E-state index in [-0.39, 0.29) is 17.2 Å². The van der Waals surface area contributed by atoms with Gasteiger partial charge in [0, 0.05) is 28.5 Å². The molecule has 0 spiro atoms. The van der Waals surface area contributed by atoms with E-state index in [1.165, 1.54) is 0 Å². The predicted molar refractivity (Wildman–Crippen MR) is 83.3 cm³/mol. The summed E-state index contributed by atoms with van der Waals surface area (Å²) in [4.78, 5) is 15.4. The number of amides is 1. The molecular formula is C14H19BrN2OS. The zero-order valence-electron chi connectivity index (χ0n) is 11.0. The van der Waals surface area contributed by atoms with Crippen LogP contribution in [0.4, 0.5) is 0 Å². The molecule has 1 aliphatic rings. The Morgan fingerprint density at radius 2 is 2.16 bits per heavy atom. The largest absolute Gasteiger partial charge is 0.340 e. The van der Waals surface area contributed by atoms with Crippen LogP contribution in [0.1, 0.15) is 19.8 Å². The second kappa shape index (κ2) is 6.77. The van der Waals surface area contributed by atoms with Crippen LogP contribution in [0.2, 0.25) is 0 Å². The molecule has 1 aromatic carbocycles. The summed E-state index contributed by atoms with van der Waals surface area (Å²) in [6, 6.07) is 8.19. The van der Waals surface area contributed by atoms with Crippen LogP contribution < -0.4 is 5.73 Å². The van der Waals surface area contributed by atoms with Crippen molar-refractivity contribution in [2.75, 3.05) is 13.1 Å². The maximum Gasteiger partial charge on any atom is 0.235 e. The van der Waals surface area contributed by atoms with E-state index in [9.17, 15) is 4.79 Å². The summed E-state index contributed by atoms with van der Waals surface area (Å²) in [5.74, 6) is 0.197. The number of hydrogen-bond acceptors (Lipinski definition) is 3. The summed E-state index contributed by atoms with van der Waals surface area (Å²) in [7, 11) is 0. The molecule has 19 heavy (non-hydrogen) atoms. The number of likely N-dealkylation sites (tertiary alicyclic amines) is 1. The summed E-state index contributed by atoms with van der Waals surface area (Å²) in [6.07, 6.45) is 2.04. The molecule has 0 saturated carbocycles. The summed E-state index contributed by atoms with van der Waals surface area (Å²) in [5.41, 5.74) is 5.93. The highest BCUT2D eigenvalue weighted by atomic mass is 79.9. The zero-order valence-corrected chi connectivity index (χ0v) is 13.4. The van der Waals surface area contributed by atoms with Gasteiger partial charge in [0.25, 0.3) is 0 Å². The quantitative estimate of drug-likeness (QED) is 0.859. The molecule has 5 heteroatoms. The first kappa shape index (κ1) is 14.9. The van der Waals surface area contributed by atoms with Crippen molar-refractivity contribution in [1.82, 2.24) is 4.90 Å². The fraction of sp³-hybridized carbons (Fsp3) is 0.500. The van der Waals surface area contributed by atoms with Gasteiger partial charge < -0.3 is 10.6 Å². The van der Waals surface area contributed by atoms with Gasteiger partial charge in [-0.25, -0.2) is 0 Å². The molecule has 3 nitrogen and oxygen atoms in total. The number of hydrogen-bond donors (Lipinski definition) is 1. The Kier molecular flexibility index (Phi) is 5.30. The van der Waals surface area contributed by atoms with Gasteiger partial charge in [0.05, 0.1) is 5.25 Å². The summed E-state index contributed by atoms with van der Waals surface area (Å²) in [6.45, 7) is 3.51.